The number of aliphatic hydroxyl groups is 3. The Morgan fingerprint density at radius 3 is 2.32 bits per heavy atom. The highest BCUT2D eigenvalue weighted by Gasteiger charge is 2.46. The molecule has 1 amide bonds. The van der Waals surface area contributed by atoms with Gasteiger partial charge in [-0.05, 0) is 0 Å². The lowest BCUT2D eigenvalue weighted by molar-refractivity contribution is -0.274. The van der Waals surface area contributed by atoms with Crippen molar-refractivity contribution in [2.45, 2.75) is 37.6 Å². The minimum Gasteiger partial charge on any atom is -0.388 e. The Balaban J connectivity index is 2.73. The molecule has 1 unspecified atom stereocenters. The largest absolute Gasteiger partial charge is 0.472 e. The molecule has 1 saturated heterocycles. The van der Waals surface area contributed by atoms with Crippen molar-refractivity contribution in [3.63, 3.8) is 0 Å². The monoisotopic (exact) mass is 301 g/mol. The number of ether oxygens (including phenoxy) is 1. The molecule has 0 aliphatic carbocycles. The predicted molar refractivity (Wildman–Crippen MR) is 58.5 cm³/mol. The van der Waals surface area contributed by atoms with E-state index in [1.807, 2.05) is 0 Å². The summed E-state index contributed by atoms with van der Waals surface area (Å²) in [5, 5.41) is 30.9. The Hall–Kier alpha value is -0.580. The molecule has 1 heterocycles. The van der Waals surface area contributed by atoms with Crippen LogP contribution in [0.2, 0.25) is 0 Å². The maximum Gasteiger partial charge on any atom is 0.472 e. The summed E-state index contributed by atoms with van der Waals surface area (Å²) < 4.78 is 19.7. The third-order valence-corrected chi connectivity index (χ3v) is 2.94. The SMILES string of the molecule is CC(=O)NC[C@H]1OC(OP(=O)(O)O)[C@H](O)[C@@H](O)[C@@H]1O. The second-order valence-corrected chi connectivity index (χ2v) is 5.24. The minimum atomic E-state index is -4.95. The van der Waals surface area contributed by atoms with E-state index in [1.54, 1.807) is 0 Å². The molecule has 0 spiro atoms. The van der Waals surface area contributed by atoms with Gasteiger partial charge in [0.1, 0.15) is 24.4 Å². The van der Waals surface area contributed by atoms with Gasteiger partial charge in [0.2, 0.25) is 5.91 Å². The molecule has 1 rings (SSSR count). The van der Waals surface area contributed by atoms with Crippen LogP contribution < -0.4 is 5.32 Å². The third kappa shape index (κ3) is 4.79. The first-order valence-corrected chi connectivity index (χ1v) is 6.83. The fraction of sp³-hybridized carbons (Fsp3) is 0.875. The third-order valence-electron chi connectivity index (χ3n) is 2.46. The quantitative estimate of drug-likeness (QED) is 0.297. The number of carbonyl (C=O) groups excluding carboxylic acids is 1. The number of amides is 1. The highest BCUT2D eigenvalue weighted by atomic mass is 31.2. The molecule has 1 fully saturated rings. The Morgan fingerprint density at radius 1 is 1.26 bits per heavy atom. The number of rotatable bonds is 4. The maximum absolute atomic E-state index is 10.7. The van der Waals surface area contributed by atoms with Crippen LogP contribution in [0.3, 0.4) is 0 Å². The predicted octanol–water partition coefficient (Wildman–Crippen LogP) is -2.96. The van der Waals surface area contributed by atoms with Gasteiger partial charge < -0.3 is 35.2 Å². The standard InChI is InChI=1S/C8H16NO9P/c1-3(10)9-2-4-5(11)6(12)7(13)8(17-4)18-19(14,15)16/h4-8,11-13H,2H2,1H3,(H,9,10)(H2,14,15,16)/t4-,5-,6+,7-,8?/m1/s1. The summed E-state index contributed by atoms with van der Waals surface area (Å²) in [5.41, 5.74) is 0. The number of phosphoric ester groups is 1. The second-order valence-electron chi connectivity index (χ2n) is 4.05. The van der Waals surface area contributed by atoms with Crippen molar-refractivity contribution in [1.29, 1.82) is 0 Å². The van der Waals surface area contributed by atoms with Gasteiger partial charge >= 0.3 is 7.82 Å². The fourth-order valence-electron chi connectivity index (χ4n) is 1.55. The van der Waals surface area contributed by atoms with Crippen LogP contribution in [0.5, 0.6) is 0 Å². The molecule has 0 bridgehead atoms. The van der Waals surface area contributed by atoms with E-state index < -0.39 is 44.4 Å². The van der Waals surface area contributed by atoms with E-state index in [1.165, 1.54) is 6.92 Å². The zero-order valence-corrected chi connectivity index (χ0v) is 10.8. The van der Waals surface area contributed by atoms with Crippen molar-refractivity contribution in [3.05, 3.63) is 0 Å². The highest BCUT2D eigenvalue weighted by molar-refractivity contribution is 7.46. The van der Waals surface area contributed by atoms with Crippen LogP contribution >= 0.6 is 7.82 Å². The second kappa shape index (κ2) is 6.25. The van der Waals surface area contributed by atoms with E-state index in [9.17, 15) is 24.7 Å². The van der Waals surface area contributed by atoms with Crippen molar-refractivity contribution in [3.8, 4) is 0 Å². The lowest BCUT2D eigenvalue weighted by Crippen LogP contribution is -2.60. The Bertz CT molecular complexity index is 371. The van der Waals surface area contributed by atoms with Gasteiger partial charge in [0, 0.05) is 13.5 Å². The number of carbonyl (C=O) groups is 1. The van der Waals surface area contributed by atoms with E-state index in [-0.39, 0.29) is 6.54 Å². The Morgan fingerprint density at radius 2 is 1.84 bits per heavy atom. The Kier molecular flexibility index (Phi) is 5.42. The topological polar surface area (TPSA) is 166 Å². The van der Waals surface area contributed by atoms with Gasteiger partial charge in [-0.3, -0.25) is 9.32 Å². The molecule has 10 nitrogen and oxygen atoms in total. The molecule has 11 heteroatoms. The molecule has 0 aromatic carbocycles. The zero-order chi connectivity index (χ0) is 14.8. The highest BCUT2D eigenvalue weighted by Crippen LogP contribution is 2.40. The number of nitrogens with one attached hydrogen (secondary N) is 1. The lowest BCUT2D eigenvalue weighted by Gasteiger charge is -2.40. The number of phosphoric acid groups is 1. The normalized spacial score (nSPS) is 36.0. The van der Waals surface area contributed by atoms with Crippen LogP contribution in [0.4, 0.5) is 0 Å². The molecule has 1 aliphatic heterocycles. The molecular formula is C8H16NO9P. The fourth-order valence-corrected chi connectivity index (χ4v) is 2.00. The lowest BCUT2D eigenvalue weighted by atomic mass is 9.99. The summed E-state index contributed by atoms with van der Waals surface area (Å²) in [7, 11) is -4.95. The summed E-state index contributed by atoms with van der Waals surface area (Å²) in [6.07, 6.45) is -8.12. The van der Waals surface area contributed by atoms with Crippen LogP contribution in [0.1, 0.15) is 6.92 Å². The van der Waals surface area contributed by atoms with Crippen molar-refractivity contribution in [1.82, 2.24) is 5.32 Å². The molecule has 0 aromatic heterocycles. The molecular weight excluding hydrogens is 285 g/mol. The Labute approximate surface area is 108 Å². The first-order chi connectivity index (χ1) is 8.61. The first-order valence-electron chi connectivity index (χ1n) is 5.30. The maximum atomic E-state index is 10.7. The van der Waals surface area contributed by atoms with E-state index in [0.717, 1.165) is 0 Å². The number of hydrogen-bond donors (Lipinski definition) is 6. The molecule has 0 saturated carbocycles. The van der Waals surface area contributed by atoms with Crippen LogP contribution in [-0.2, 0) is 18.6 Å². The van der Waals surface area contributed by atoms with Crippen LogP contribution in [0, 0.1) is 0 Å². The van der Waals surface area contributed by atoms with Gasteiger partial charge in [0.05, 0.1) is 0 Å². The van der Waals surface area contributed by atoms with E-state index in [4.69, 9.17) is 14.5 Å². The van der Waals surface area contributed by atoms with Gasteiger partial charge in [-0.1, -0.05) is 0 Å². The smallest absolute Gasteiger partial charge is 0.388 e. The molecule has 1 aliphatic rings. The average Bonchev–Trinajstić information content (AvgIpc) is 2.26. The molecule has 112 valence electrons. The van der Waals surface area contributed by atoms with Crippen molar-refractivity contribution >= 4 is 13.7 Å². The van der Waals surface area contributed by atoms with E-state index >= 15 is 0 Å². The van der Waals surface area contributed by atoms with Crippen molar-refractivity contribution < 1.29 is 43.7 Å². The average molecular weight is 301 g/mol. The van der Waals surface area contributed by atoms with E-state index in [0.29, 0.717) is 0 Å². The van der Waals surface area contributed by atoms with Crippen molar-refractivity contribution in [2.75, 3.05) is 6.54 Å². The van der Waals surface area contributed by atoms with E-state index in [2.05, 4.69) is 9.84 Å². The van der Waals surface area contributed by atoms with Crippen LogP contribution in [0.25, 0.3) is 0 Å². The first kappa shape index (κ1) is 16.5. The summed E-state index contributed by atoms with van der Waals surface area (Å²) in [5.74, 6) is -0.427. The summed E-state index contributed by atoms with van der Waals surface area (Å²) >= 11 is 0. The van der Waals surface area contributed by atoms with Crippen molar-refractivity contribution in [2.24, 2.45) is 0 Å². The summed E-state index contributed by atoms with van der Waals surface area (Å²) in [6, 6.07) is 0. The minimum absolute atomic E-state index is 0.221. The number of aliphatic hydroxyl groups excluding tert-OH is 3. The summed E-state index contributed by atoms with van der Waals surface area (Å²) in [6.45, 7) is 0.991. The van der Waals surface area contributed by atoms with Gasteiger partial charge in [-0.15, -0.1) is 0 Å². The van der Waals surface area contributed by atoms with Gasteiger partial charge in [0.25, 0.3) is 0 Å². The van der Waals surface area contributed by atoms with Crippen LogP contribution in [-0.4, -0.2) is 68.3 Å². The molecule has 0 radical (unpaired) electrons. The van der Waals surface area contributed by atoms with Gasteiger partial charge in [0.15, 0.2) is 6.29 Å². The van der Waals surface area contributed by atoms with Gasteiger partial charge in [-0.2, -0.15) is 0 Å². The molecule has 6 N–H and O–H groups in total. The number of hydrogen-bond acceptors (Lipinski definition) is 7. The molecule has 19 heavy (non-hydrogen) atoms. The molecule has 0 aromatic rings. The summed E-state index contributed by atoms with van der Waals surface area (Å²) in [4.78, 5) is 28.0. The van der Waals surface area contributed by atoms with Gasteiger partial charge in [-0.25, -0.2) is 4.57 Å². The van der Waals surface area contributed by atoms with Crippen LogP contribution in [0.15, 0.2) is 0 Å². The molecule has 5 atom stereocenters. The zero-order valence-electron chi connectivity index (χ0n) is 9.91.